The summed E-state index contributed by atoms with van der Waals surface area (Å²) < 4.78 is 0.857. The fraction of sp³-hybridized carbons (Fsp3) is 0.467. The zero-order chi connectivity index (χ0) is 14.8. The van der Waals surface area contributed by atoms with Crippen molar-refractivity contribution < 1.29 is 9.90 Å². The zero-order valence-corrected chi connectivity index (χ0v) is 13.0. The van der Waals surface area contributed by atoms with Crippen molar-refractivity contribution in [1.29, 1.82) is 5.26 Å². The van der Waals surface area contributed by atoms with Crippen LogP contribution in [-0.4, -0.2) is 24.2 Å². The summed E-state index contributed by atoms with van der Waals surface area (Å²) in [6.45, 7) is 3.17. The number of rotatable bonds is 4. The molecular weight excluding hydrogens is 320 g/mol. The summed E-state index contributed by atoms with van der Waals surface area (Å²) in [5, 5.41) is 18.8. The summed E-state index contributed by atoms with van der Waals surface area (Å²) >= 11 is 3.35. The first-order valence-electron chi connectivity index (χ1n) is 6.70. The second-order valence-corrected chi connectivity index (χ2v) is 6.20. The normalized spacial score (nSPS) is 21.8. The van der Waals surface area contributed by atoms with E-state index in [1.807, 2.05) is 24.0 Å². The van der Waals surface area contributed by atoms with Crippen LogP contribution in [0.2, 0.25) is 0 Å². The molecule has 0 saturated carbocycles. The molecule has 2 rings (SSSR count). The molecule has 1 aromatic carbocycles. The number of carboxylic acid groups (broad SMARTS) is 1. The van der Waals surface area contributed by atoms with Crippen LogP contribution in [0, 0.1) is 16.7 Å². The van der Waals surface area contributed by atoms with Crippen molar-refractivity contribution in [2.75, 3.05) is 18.0 Å². The third-order valence-electron chi connectivity index (χ3n) is 3.96. The highest BCUT2D eigenvalue weighted by Gasteiger charge is 2.44. The number of benzene rings is 1. The number of anilines is 1. The summed E-state index contributed by atoms with van der Waals surface area (Å²) in [4.78, 5) is 13.6. The van der Waals surface area contributed by atoms with Crippen LogP contribution in [0.5, 0.6) is 0 Å². The molecule has 1 aliphatic heterocycles. The molecule has 1 fully saturated rings. The molecule has 0 aromatic heterocycles. The molecule has 1 aromatic rings. The summed E-state index contributed by atoms with van der Waals surface area (Å²) in [6.07, 6.45) is 2.17. The highest BCUT2D eigenvalue weighted by Crippen LogP contribution is 2.39. The first kappa shape index (κ1) is 14.9. The molecule has 106 valence electrons. The van der Waals surface area contributed by atoms with E-state index in [0.29, 0.717) is 31.5 Å². The Morgan fingerprint density at radius 2 is 2.35 bits per heavy atom. The molecule has 4 nitrogen and oxygen atoms in total. The number of hydrogen-bond acceptors (Lipinski definition) is 3. The van der Waals surface area contributed by atoms with Gasteiger partial charge in [0.05, 0.1) is 16.7 Å². The summed E-state index contributed by atoms with van der Waals surface area (Å²) in [5.74, 6) is -0.725. The number of halogens is 1. The van der Waals surface area contributed by atoms with Crippen LogP contribution in [0.15, 0.2) is 22.7 Å². The number of aliphatic carboxylic acids is 1. The lowest BCUT2D eigenvalue weighted by Gasteiger charge is -2.25. The Hall–Kier alpha value is -1.54. The standard InChI is InChI=1S/C15H17BrN2O2/c1-2-5-15(14(19)20)6-7-18(10-15)13-4-3-12(16)8-11(13)9-17/h3-4,8H,2,5-7,10H2,1H3,(H,19,20). The first-order chi connectivity index (χ1) is 9.52. The molecule has 0 bridgehead atoms. The first-order valence-corrected chi connectivity index (χ1v) is 7.50. The van der Waals surface area contributed by atoms with E-state index in [-0.39, 0.29) is 0 Å². The van der Waals surface area contributed by atoms with Gasteiger partial charge in [-0.25, -0.2) is 0 Å². The number of carbonyl (C=O) groups is 1. The molecule has 1 unspecified atom stereocenters. The van der Waals surface area contributed by atoms with Gasteiger partial charge >= 0.3 is 5.97 Å². The SMILES string of the molecule is CCCC1(C(=O)O)CCN(c2ccc(Br)cc2C#N)C1. The van der Waals surface area contributed by atoms with Crippen LogP contribution in [0.1, 0.15) is 31.7 Å². The van der Waals surface area contributed by atoms with Crippen molar-refractivity contribution in [2.45, 2.75) is 26.2 Å². The van der Waals surface area contributed by atoms with Gasteiger partial charge < -0.3 is 10.0 Å². The van der Waals surface area contributed by atoms with E-state index in [9.17, 15) is 15.2 Å². The molecule has 1 atom stereocenters. The van der Waals surface area contributed by atoms with Crippen molar-refractivity contribution in [3.8, 4) is 6.07 Å². The number of hydrogen-bond donors (Lipinski definition) is 1. The van der Waals surface area contributed by atoms with Crippen LogP contribution in [0.3, 0.4) is 0 Å². The molecular formula is C15H17BrN2O2. The molecule has 1 saturated heterocycles. The highest BCUT2D eigenvalue weighted by molar-refractivity contribution is 9.10. The van der Waals surface area contributed by atoms with Crippen molar-refractivity contribution in [1.82, 2.24) is 0 Å². The maximum Gasteiger partial charge on any atom is 0.311 e. The predicted molar refractivity (Wildman–Crippen MR) is 80.7 cm³/mol. The summed E-state index contributed by atoms with van der Waals surface area (Å²) in [6, 6.07) is 7.72. The monoisotopic (exact) mass is 336 g/mol. The van der Waals surface area contributed by atoms with Crippen LogP contribution in [0.4, 0.5) is 5.69 Å². The van der Waals surface area contributed by atoms with E-state index in [4.69, 9.17) is 0 Å². The zero-order valence-electron chi connectivity index (χ0n) is 11.4. The average molecular weight is 337 g/mol. The molecule has 0 amide bonds. The summed E-state index contributed by atoms with van der Waals surface area (Å²) in [5.41, 5.74) is 0.737. The molecule has 0 spiro atoms. The minimum absolute atomic E-state index is 0.479. The molecule has 0 aliphatic carbocycles. The number of carboxylic acids is 1. The number of nitriles is 1. The Bertz CT molecular complexity index is 567. The van der Waals surface area contributed by atoms with Gasteiger partial charge in [0, 0.05) is 17.6 Å². The van der Waals surface area contributed by atoms with Crippen LogP contribution in [0.25, 0.3) is 0 Å². The van der Waals surface area contributed by atoms with Gasteiger partial charge in [0.25, 0.3) is 0 Å². The lowest BCUT2D eigenvalue weighted by molar-refractivity contribution is -0.148. The van der Waals surface area contributed by atoms with Gasteiger partial charge in [-0.05, 0) is 31.0 Å². The van der Waals surface area contributed by atoms with E-state index < -0.39 is 11.4 Å². The van der Waals surface area contributed by atoms with Gasteiger partial charge in [0.1, 0.15) is 6.07 Å². The van der Waals surface area contributed by atoms with E-state index in [0.717, 1.165) is 16.6 Å². The Labute approximate surface area is 127 Å². The van der Waals surface area contributed by atoms with E-state index in [1.54, 1.807) is 6.07 Å². The van der Waals surface area contributed by atoms with Gasteiger partial charge in [0.15, 0.2) is 0 Å². The van der Waals surface area contributed by atoms with Crippen LogP contribution < -0.4 is 4.90 Å². The minimum Gasteiger partial charge on any atom is -0.481 e. The van der Waals surface area contributed by atoms with Gasteiger partial charge in [-0.1, -0.05) is 29.3 Å². The van der Waals surface area contributed by atoms with Gasteiger partial charge in [-0.3, -0.25) is 4.79 Å². The fourth-order valence-corrected chi connectivity index (χ4v) is 3.28. The maximum absolute atomic E-state index is 11.6. The quantitative estimate of drug-likeness (QED) is 0.915. The molecule has 1 N–H and O–H groups in total. The topological polar surface area (TPSA) is 64.3 Å². The molecule has 20 heavy (non-hydrogen) atoms. The third-order valence-corrected chi connectivity index (χ3v) is 4.45. The maximum atomic E-state index is 11.6. The smallest absolute Gasteiger partial charge is 0.311 e. The van der Waals surface area contributed by atoms with Gasteiger partial charge in [-0.2, -0.15) is 5.26 Å². The van der Waals surface area contributed by atoms with Gasteiger partial charge in [-0.15, -0.1) is 0 Å². The van der Waals surface area contributed by atoms with Crippen molar-refractivity contribution in [3.63, 3.8) is 0 Å². The van der Waals surface area contributed by atoms with Crippen molar-refractivity contribution >= 4 is 27.6 Å². The Kier molecular flexibility index (Phi) is 4.34. The second kappa shape index (κ2) is 5.84. The second-order valence-electron chi connectivity index (χ2n) is 5.28. The molecule has 1 heterocycles. The highest BCUT2D eigenvalue weighted by atomic mass is 79.9. The Morgan fingerprint density at radius 1 is 1.60 bits per heavy atom. The van der Waals surface area contributed by atoms with E-state index >= 15 is 0 Å². The predicted octanol–water partition coefficient (Wildman–Crippen LogP) is 3.40. The fourth-order valence-electron chi connectivity index (χ4n) is 2.92. The lowest BCUT2D eigenvalue weighted by Crippen LogP contribution is -2.34. The molecule has 0 radical (unpaired) electrons. The van der Waals surface area contributed by atoms with Crippen molar-refractivity contribution in [3.05, 3.63) is 28.2 Å². The van der Waals surface area contributed by atoms with Gasteiger partial charge in [0.2, 0.25) is 0 Å². The number of nitrogens with zero attached hydrogens (tertiary/aromatic N) is 2. The summed E-state index contributed by atoms with van der Waals surface area (Å²) in [7, 11) is 0. The average Bonchev–Trinajstić information content (AvgIpc) is 2.84. The van der Waals surface area contributed by atoms with E-state index in [2.05, 4.69) is 22.0 Å². The molecule has 5 heteroatoms. The minimum atomic E-state index is -0.725. The Balaban J connectivity index is 2.29. The Morgan fingerprint density at radius 3 is 2.95 bits per heavy atom. The van der Waals surface area contributed by atoms with Crippen LogP contribution in [-0.2, 0) is 4.79 Å². The van der Waals surface area contributed by atoms with E-state index in [1.165, 1.54) is 0 Å². The molecule has 1 aliphatic rings. The van der Waals surface area contributed by atoms with Crippen molar-refractivity contribution in [2.24, 2.45) is 5.41 Å². The largest absolute Gasteiger partial charge is 0.481 e. The lowest BCUT2D eigenvalue weighted by atomic mass is 9.83. The van der Waals surface area contributed by atoms with Crippen LogP contribution >= 0.6 is 15.9 Å². The third kappa shape index (κ3) is 2.66.